The summed E-state index contributed by atoms with van der Waals surface area (Å²) >= 11 is 11.5. The zero-order chi connectivity index (χ0) is 15.9. The molecule has 0 spiro atoms. The molecule has 1 saturated heterocycles. The number of nitrogens with zero attached hydrogens (tertiary/aromatic N) is 4. The second kappa shape index (κ2) is 6.11. The quantitative estimate of drug-likeness (QED) is 0.530. The number of aromatic nitrogens is 4. The van der Waals surface area contributed by atoms with Crippen LogP contribution in [0.15, 0.2) is 12.7 Å². The lowest BCUT2D eigenvalue weighted by Gasteiger charge is -2.16. The third-order valence-electron chi connectivity index (χ3n) is 3.36. The van der Waals surface area contributed by atoms with Crippen molar-refractivity contribution in [3.05, 3.63) is 12.7 Å². The van der Waals surface area contributed by atoms with Gasteiger partial charge in [0.15, 0.2) is 23.2 Å². The van der Waals surface area contributed by atoms with Gasteiger partial charge in [-0.2, -0.15) is 0 Å². The van der Waals surface area contributed by atoms with E-state index in [9.17, 15) is 10.2 Å². The number of hydrogen-bond acceptors (Lipinski definition) is 8. The van der Waals surface area contributed by atoms with Crippen molar-refractivity contribution in [3.8, 4) is 0 Å². The van der Waals surface area contributed by atoms with E-state index < -0.39 is 29.4 Å². The molecule has 0 amide bonds. The monoisotopic (exact) mass is 349 g/mol. The van der Waals surface area contributed by atoms with Gasteiger partial charge in [-0.15, -0.1) is 23.2 Å². The Morgan fingerprint density at radius 1 is 1.32 bits per heavy atom. The Morgan fingerprint density at radius 3 is 2.73 bits per heavy atom. The molecule has 9 nitrogen and oxygen atoms in total. The second-order valence-corrected chi connectivity index (χ2v) is 5.82. The van der Waals surface area contributed by atoms with Gasteiger partial charge >= 0.3 is 0 Å². The van der Waals surface area contributed by atoms with Gasteiger partial charge in [-0.3, -0.25) is 9.40 Å². The van der Waals surface area contributed by atoms with Gasteiger partial charge in [0.25, 0.3) is 0 Å². The summed E-state index contributed by atoms with van der Waals surface area (Å²) in [5.74, 6) is 0.364. The van der Waals surface area contributed by atoms with E-state index >= 15 is 0 Å². The van der Waals surface area contributed by atoms with E-state index in [-0.39, 0.29) is 0 Å². The molecule has 2 aromatic heterocycles. The van der Waals surface area contributed by atoms with E-state index in [2.05, 4.69) is 20.4 Å². The number of rotatable bonds is 4. The minimum absolute atomic E-state index is 0.364. The standard InChI is InChI=1S/C11H13Cl2N5O4/c1-21-17-9-4-10(15-2-14-9)18(3-16-4)11-6(20)5(19)7(22-11)8(12)13/h2-3,5-8,11,19-20H,1H3,(H,14,15,17)/t5-,6+,7-,11+/m0/s1. The number of halogens is 2. The summed E-state index contributed by atoms with van der Waals surface area (Å²) in [6.45, 7) is 0. The Balaban J connectivity index is 1.99. The molecule has 3 N–H and O–H groups in total. The highest BCUT2D eigenvalue weighted by Crippen LogP contribution is 2.35. The number of alkyl halides is 2. The third-order valence-corrected chi connectivity index (χ3v) is 3.85. The minimum Gasteiger partial charge on any atom is -0.387 e. The van der Waals surface area contributed by atoms with Crippen molar-refractivity contribution in [2.75, 3.05) is 12.6 Å². The molecule has 3 rings (SSSR count). The molecule has 1 fully saturated rings. The molecule has 11 heteroatoms. The molecule has 3 heterocycles. The van der Waals surface area contributed by atoms with Gasteiger partial charge in [-0.1, -0.05) is 0 Å². The number of fused-ring (bicyclic) bond motifs is 1. The summed E-state index contributed by atoms with van der Waals surface area (Å²) in [6, 6.07) is 0. The molecule has 0 bridgehead atoms. The van der Waals surface area contributed by atoms with Crippen molar-refractivity contribution in [2.24, 2.45) is 0 Å². The van der Waals surface area contributed by atoms with Crippen LogP contribution < -0.4 is 5.48 Å². The summed E-state index contributed by atoms with van der Waals surface area (Å²) < 4.78 is 7.02. The molecule has 1 aliphatic heterocycles. The number of imidazole rings is 1. The molecule has 4 atom stereocenters. The average Bonchev–Trinajstić information content (AvgIpc) is 3.03. The van der Waals surface area contributed by atoms with E-state index in [1.54, 1.807) is 0 Å². The van der Waals surface area contributed by atoms with Gasteiger partial charge < -0.3 is 14.9 Å². The molecular formula is C11H13Cl2N5O4. The minimum atomic E-state index is -1.23. The molecule has 0 unspecified atom stereocenters. The molecule has 0 radical (unpaired) electrons. The first-order valence-corrected chi connectivity index (χ1v) is 7.18. The maximum atomic E-state index is 10.2. The lowest BCUT2D eigenvalue weighted by Crippen LogP contribution is -2.34. The molecule has 120 valence electrons. The zero-order valence-electron chi connectivity index (χ0n) is 11.3. The van der Waals surface area contributed by atoms with Crippen molar-refractivity contribution in [1.29, 1.82) is 0 Å². The maximum absolute atomic E-state index is 10.2. The third kappa shape index (κ3) is 2.49. The Hall–Kier alpha value is -1.23. The van der Waals surface area contributed by atoms with Gasteiger partial charge in [-0.25, -0.2) is 20.4 Å². The van der Waals surface area contributed by atoms with Crippen molar-refractivity contribution >= 4 is 40.2 Å². The summed E-state index contributed by atoms with van der Waals surface area (Å²) in [5, 5.41) is 20.1. The largest absolute Gasteiger partial charge is 0.387 e. The van der Waals surface area contributed by atoms with Crippen LogP contribution in [0.4, 0.5) is 5.82 Å². The highest BCUT2D eigenvalue weighted by molar-refractivity contribution is 6.44. The second-order valence-electron chi connectivity index (χ2n) is 4.66. The molecule has 0 aromatic carbocycles. The predicted octanol–water partition coefficient (Wildman–Crippen LogP) is 0.222. The lowest BCUT2D eigenvalue weighted by molar-refractivity contribution is -0.0312. The molecule has 2 aromatic rings. The molecular weight excluding hydrogens is 337 g/mol. The van der Waals surface area contributed by atoms with Crippen molar-refractivity contribution < 1.29 is 19.8 Å². The highest BCUT2D eigenvalue weighted by atomic mass is 35.5. The number of ether oxygens (including phenoxy) is 1. The zero-order valence-corrected chi connectivity index (χ0v) is 12.8. The van der Waals surface area contributed by atoms with Crippen molar-refractivity contribution in [2.45, 2.75) is 29.4 Å². The van der Waals surface area contributed by atoms with Crippen LogP contribution in [-0.4, -0.2) is 60.0 Å². The number of aliphatic hydroxyl groups is 2. The first kappa shape index (κ1) is 15.7. The fourth-order valence-electron chi connectivity index (χ4n) is 2.33. The molecule has 0 saturated carbocycles. The summed E-state index contributed by atoms with van der Waals surface area (Å²) in [6.07, 6.45) is -1.56. The van der Waals surface area contributed by atoms with Crippen LogP contribution >= 0.6 is 23.2 Å². The van der Waals surface area contributed by atoms with Crippen LogP contribution in [0, 0.1) is 0 Å². The van der Waals surface area contributed by atoms with Crippen LogP contribution in [0.2, 0.25) is 0 Å². The smallest absolute Gasteiger partial charge is 0.181 e. The SMILES string of the molecule is CONc1ncnc2c1ncn2[C@@H]1O[C@H](C(Cl)Cl)[C@@H](O)[C@H]1O. The summed E-state index contributed by atoms with van der Waals surface area (Å²) in [4.78, 5) is 16.1. The van der Waals surface area contributed by atoms with Gasteiger partial charge in [-0.05, 0) is 0 Å². The Bertz CT molecular complexity index is 669. The lowest BCUT2D eigenvalue weighted by atomic mass is 10.1. The van der Waals surface area contributed by atoms with Crippen LogP contribution in [-0.2, 0) is 9.57 Å². The van der Waals surface area contributed by atoms with Crippen LogP contribution in [0.25, 0.3) is 11.2 Å². The first-order valence-electron chi connectivity index (χ1n) is 6.31. The van der Waals surface area contributed by atoms with E-state index in [0.717, 1.165) is 0 Å². The Labute approximate surface area is 134 Å². The van der Waals surface area contributed by atoms with E-state index in [0.29, 0.717) is 17.0 Å². The number of aliphatic hydroxyl groups excluding tert-OH is 2. The molecule has 22 heavy (non-hydrogen) atoms. The predicted molar refractivity (Wildman–Crippen MR) is 77.4 cm³/mol. The van der Waals surface area contributed by atoms with Crippen molar-refractivity contribution in [1.82, 2.24) is 19.5 Å². The van der Waals surface area contributed by atoms with Crippen LogP contribution in [0.3, 0.4) is 0 Å². The van der Waals surface area contributed by atoms with Crippen molar-refractivity contribution in [3.63, 3.8) is 0 Å². The normalized spacial score (nSPS) is 28.6. The number of anilines is 1. The maximum Gasteiger partial charge on any atom is 0.181 e. The highest BCUT2D eigenvalue weighted by Gasteiger charge is 2.46. The number of hydrogen-bond donors (Lipinski definition) is 3. The Kier molecular flexibility index (Phi) is 4.35. The summed E-state index contributed by atoms with van der Waals surface area (Å²) in [7, 11) is 1.44. The fraction of sp³-hybridized carbons (Fsp3) is 0.545. The Morgan fingerprint density at radius 2 is 2.09 bits per heavy atom. The topological polar surface area (TPSA) is 115 Å². The fourth-order valence-corrected chi connectivity index (χ4v) is 2.75. The van der Waals surface area contributed by atoms with Crippen LogP contribution in [0.1, 0.15) is 6.23 Å². The van der Waals surface area contributed by atoms with Gasteiger partial charge in [0, 0.05) is 0 Å². The van der Waals surface area contributed by atoms with Crippen LogP contribution in [0.5, 0.6) is 0 Å². The average molecular weight is 350 g/mol. The molecule has 0 aliphatic carbocycles. The first-order chi connectivity index (χ1) is 10.5. The summed E-state index contributed by atoms with van der Waals surface area (Å²) in [5.41, 5.74) is 3.40. The van der Waals surface area contributed by atoms with E-state index in [1.807, 2.05) is 0 Å². The van der Waals surface area contributed by atoms with Gasteiger partial charge in [0.05, 0.1) is 13.4 Å². The van der Waals surface area contributed by atoms with E-state index in [1.165, 1.54) is 24.3 Å². The molecule has 1 aliphatic rings. The number of nitrogens with one attached hydrogen (secondary N) is 1. The van der Waals surface area contributed by atoms with Gasteiger partial charge in [0.2, 0.25) is 0 Å². The van der Waals surface area contributed by atoms with E-state index in [4.69, 9.17) is 32.8 Å². The van der Waals surface area contributed by atoms with Gasteiger partial charge in [0.1, 0.15) is 29.5 Å².